The number of aldehydes is 2. The van der Waals surface area contributed by atoms with Gasteiger partial charge in [0, 0.05) is 11.8 Å². The molecular formula is C15H11NO2. The molecule has 0 bridgehead atoms. The van der Waals surface area contributed by atoms with Crippen molar-refractivity contribution in [1.29, 1.82) is 0 Å². The molecule has 0 atom stereocenters. The summed E-state index contributed by atoms with van der Waals surface area (Å²) in [6, 6.07) is 14.6. The molecule has 0 amide bonds. The van der Waals surface area contributed by atoms with E-state index in [1.807, 2.05) is 36.4 Å². The molecule has 0 radical (unpaired) electrons. The fourth-order valence-corrected chi connectivity index (χ4v) is 1.72. The van der Waals surface area contributed by atoms with Crippen molar-refractivity contribution >= 4 is 18.1 Å². The minimum atomic E-state index is 0.0971. The Bertz CT molecular complexity index is 522. The molecule has 0 aliphatic rings. The number of hydrogen-bond acceptors (Lipinski definition) is 3. The maximum absolute atomic E-state index is 11.0. The third-order valence-electron chi connectivity index (χ3n) is 2.53. The SMILES string of the molecule is O=CC(C=O)=C(c1ccccc1)c1ccccn1. The molecular weight excluding hydrogens is 226 g/mol. The normalized spacial score (nSPS) is 9.56. The van der Waals surface area contributed by atoms with E-state index in [1.165, 1.54) is 0 Å². The summed E-state index contributed by atoms with van der Waals surface area (Å²) < 4.78 is 0. The Morgan fingerprint density at radius 1 is 0.889 bits per heavy atom. The molecule has 88 valence electrons. The summed E-state index contributed by atoms with van der Waals surface area (Å²) in [5.41, 5.74) is 2.06. The van der Waals surface area contributed by atoms with Crippen molar-refractivity contribution in [3.63, 3.8) is 0 Å². The Balaban J connectivity index is 2.67. The van der Waals surface area contributed by atoms with Crippen LogP contribution in [0.15, 0.2) is 60.3 Å². The highest BCUT2D eigenvalue weighted by Gasteiger charge is 2.11. The van der Waals surface area contributed by atoms with Crippen molar-refractivity contribution in [2.75, 3.05) is 0 Å². The summed E-state index contributed by atoms with van der Waals surface area (Å²) in [5, 5.41) is 0. The van der Waals surface area contributed by atoms with Crippen LogP contribution in [0.4, 0.5) is 0 Å². The molecule has 3 nitrogen and oxygen atoms in total. The van der Waals surface area contributed by atoms with Gasteiger partial charge in [-0.2, -0.15) is 0 Å². The summed E-state index contributed by atoms with van der Waals surface area (Å²) in [5.74, 6) is 0. The predicted molar refractivity (Wildman–Crippen MR) is 68.8 cm³/mol. The van der Waals surface area contributed by atoms with Crippen molar-refractivity contribution in [1.82, 2.24) is 4.98 Å². The van der Waals surface area contributed by atoms with Crippen molar-refractivity contribution < 1.29 is 9.59 Å². The second kappa shape index (κ2) is 5.68. The molecule has 0 saturated heterocycles. The average Bonchev–Trinajstić information content (AvgIpc) is 2.46. The highest BCUT2D eigenvalue weighted by Crippen LogP contribution is 2.23. The Labute approximate surface area is 105 Å². The largest absolute Gasteiger partial charge is 0.298 e. The first-order chi connectivity index (χ1) is 8.86. The predicted octanol–water partition coefficient (Wildman–Crippen LogP) is 2.28. The summed E-state index contributed by atoms with van der Waals surface area (Å²) in [7, 11) is 0. The number of hydrogen-bond donors (Lipinski definition) is 0. The molecule has 0 saturated carbocycles. The fourth-order valence-electron chi connectivity index (χ4n) is 1.72. The second-order valence-electron chi connectivity index (χ2n) is 3.65. The summed E-state index contributed by atoms with van der Waals surface area (Å²) in [6.45, 7) is 0. The van der Waals surface area contributed by atoms with E-state index in [0.717, 1.165) is 5.56 Å². The topological polar surface area (TPSA) is 47.0 Å². The van der Waals surface area contributed by atoms with E-state index in [0.29, 0.717) is 23.8 Å². The van der Waals surface area contributed by atoms with Gasteiger partial charge >= 0.3 is 0 Å². The summed E-state index contributed by atoms with van der Waals surface area (Å²) in [4.78, 5) is 26.2. The van der Waals surface area contributed by atoms with Gasteiger partial charge in [-0.05, 0) is 17.7 Å². The zero-order chi connectivity index (χ0) is 12.8. The average molecular weight is 237 g/mol. The lowest BCUT2D eigenvalue weighted by atomic mass is 9.97. The summed E-state index contributed by atoms with van der Waals surface area (Å²) >= 11 is 0. The maximum Gasteiger partial charge on any atom is 0.154 e. The molecule has 1 heterocycles. The van der Waals surface area contributed by atoms with Gasteiger partial charge in [0.05, 0.1) is 11.3 Å². The number of benzene rings is 1. The van der Waals surface area contributed by atoms with Gasteiger partial charge in [-0.25, -0.2) is 0 Å². The summed E-state index contributed by atoms with van der Waals surface area (Å²) in [6.07, 6.45) is 2.75. The number of aromatic nitrogens is 1. The smallest absolute Gasteiger partial charge is 0.154 e. The minimum Gasteiger partial charge on any atom is -0.298 e. The van der Waals surface area contributed by atoms with Gasteiger partial charge in [-0.3, -0.25) is 14.6 Å². The monoisotopic (exact) mass is 237 g/mol. The standard InChI is InChI=1S/C15H11NO2/c17-10-13(11-18)15(12-6-2-1-3-7-12)14-8-4-5-9-16-14/h1-11H. The van der Waals surface area contributed by atoms with Crippen LogP contribution < -0.4 is 0 Å². The van der Waals surface area contributed by atoms with Crippen LogP contribution in [0.1, 0.15) is 11.3 Å². The molecule has 0 spiro atoms. The van der Waals surface area contributed by atoms with Crippen LogP contribution in [0, 0.1) is 0 Å². The van der Waals surface area contributed by atoms with Crippen LogP contribution in [-0.2, 0) is 9.59 Å². The molecule has 0 unspecified atom stereocenters. The number of pyridine rings is 1. The Morgan fingerprint density at radius 2 is 1.56 bits per heavy atom. The van der Waals surface area contributed by atoms with E-state index in [1.54, 1.807) is 18.3 Å². The van der Waals surface area contributed by atoms with Crippen molar-refractivity contribution in [3.8, 4) is 0 Å². The molecule has 2 aromatic rings. The zero-order valence-electron chi connectivity index (χ0n) is 9.61. The second-order valence-corrected chi connectivity index (χ2v) is 3.65. The molecule has 0 aliphatic carbocycles. The van der Waals surface area contributed by atoms with Gasteiger partial charge in [0.15, 0.2) is 12.6 Å². The lowest BCUT2D eigenvalue weighted by Crippen LogP contribution is -1.99. The molecule has 0 aliphatic heterocycles. The van der Waals surface area contributed by atoms with Crippen LogP contribution in [0.5, 0.6) is 0 Å². The highest BCUT2D eigenvalue weighted by molar-refractivity contribution is 6.10. The van der Waals surface area contributed by atoms with Crippen molar-refractivity contribution in [3.05, 3.63) is 71.6 Å². The first-order valence-electron chi connectivity index (χ1n) is 5.48. The first kappa shape index (κ1) is 11.9. The van der Waals surface area contributed by atoms with E-state index in [9.17, 15) is 9.59 Å². The molecule has 0 fully saturated rings. The van der Waals surface area contributed by atoms with Crippen LogP contribution >= 0.6 is 0 Å². The van der Waals surface area contributed by atoms with E-state index in [4.69, 9.17) is 0 Å². The molecule has 3 heteroatoms. The van der Waals surface area contributed by atoms with E-state index < -0.39 is 0 Å². The van der Waals surface area contributed by atoms with Gasteiger partial charge in [0.1, 0.15) is 0 Å². The number of carbonyl (C=O) groups excluding carboxylic acids is 2. The van der Waals surface area contributed by atoms with Gasteiger partial charge in [0.25, 0.3) is 0 Å². The first-order valence-corrected chi connectivity index (χ1v) is 5.48. The number of nitrogens with zero attached hydrogens (tertiary/aromatic N) is 1. The molecule has 1 aromatic carbocycles. The Morgan fingerprint density at radius 3 is 2.11 bits per heavy atom. The fraction of sp³-hybridized carbons (Fsp3) is 0. The van der Waals surface area contributed by atoms with E-state index in [-0.39, 0.29) is 5.57 Å². The quantitative estimate of drug-likeness (QED) is 0.355. The van der Waals surface area contributed by atoms with Gasteiger partial charge in [0.2, 0.25) is 0 Å². The number of rotatable bonds is 4. The highest BCUT2D eigenvalue weighted by atomic mass is 16.1. The van der Waals surface area contributed by atoms with Crippen LogP contribution in [-0.4, -0.2) is 17.6 Å². The Kier molecular flexibility index (Phi) is 3.76. The Hall–Kier alpha value is -2.55. The van der Waals surface area contributed by atoms with Gasteiger partial charge in [-0.15, -0.1) is 0 Å². The van der Waals surface area contributed by atoms with Gasteiger partial charge < -0.3 is 0 Å². The zero-order valence-corrected chi connectivity index (χ0v) is 9.61. The van der Waals surface area contributed by atoms with Crippen LogP contribution in [0.25, 0.3) is 5.57 Å². The molecule has 0 N–H and O–H groups in total. The van der Waals surface area contributed by atoms with E-state index >= 15 is 0 Å². The van der Waals surface area contributed by atoms with Crippen LogP contribution in [0.2, 0.25) is 0 Å². The molecule has 2 rings (SSSR count). The van der Waals surface area contributed by atoms with E-state index in [2.05, 4.69) is 4.98 Å². The third kappa shape index (κ3) is 2.40. The number of carbonyl (C=O) groups is 2. The lowest BCUT2D eigenvalue weighted by Gasteiger charge is -2.08. The lowest BCUT2D eigenvalue weighted by molar-refractivity contribution is -0.109. The molecule has 18 heavy (non-hydrogen) atoms. The van der Waals surface area contributed by atoms with Gasteiger partial charge in [-0.1, -0.05) is 36.4 Å². The van der Waals surface area contributed by atoms with Crippen molar-refractivity contribution in [2.45, 2.75) is 0 Å². The minimum absolute atomic E-state index is 0.0971. The maximum atomic E-state index is 11.0. The van der Waals surface area contributed by atoms with Crippen LogP contribution in [0.3, 0.4) is 0 Å². The number of allylic oxidation sites excluding steroid dienone is 1. The van der Waals surface area contributed by atoms with Crippen molar-refractivity contribution in [2.24, 2.45) is 0 Å². The molecule has 1 aromatic heterocycles. The third-order valence-corrected chi connectivity index (χ3v) is 2.53.